The fourth-order valence-corrected chi connectivity index (χ4v) is 6.19. The van der Waals surface area contributed by atoms with Crippen LogP contribution in [0.2, 0.25) is 5.02 Å². The van der Waals surface area contributed by atoms with Crippen LogP contribution in [0.5, 0.6) is 5.75 Å². The molecule has 44 heavy (non-hydrogen) atoms. The number of aromatic carboxylic acids is 1. The van der Waals surface area contributed by atoms with Crippen molar-refractivity contribution in [3.05, 3.63) is 93.0 Å². The third-order valence-electron chi connectivity index (χ3n) is 8.40. The molecule has 0 amide bonds. The summed E-state index contributed by atoms with van der Waals surface area (Å²) in [6.07, 6.45) is -2.79. The van der Waals surface area contributed by atoms with Crippen molar-refractivity contribution in [2.75, 3.05) is 13.2 Å². The molecule has 0 spiro atoms. The van der Waals surface area contributed by atoms with Crippen LogP contribution in [0, 0.1) is 5.82 Å². The van der Waals surface area contributed by atoms with Gasteiger partial charge in [0.05, 0.1) is 41.4 Å². The number of ether oxygens (including phenoxy) is 2. The smallest absolute Gasteiger partial charge is 0.419 e. The molecular formula is C32H30ClF4N3O4. The normalized spacial score (nSPS) is 18.7. The van der Waals surface area contributed by atoms with Crippen LogP contribution in [0.4, 0.5) is 17.6 Å². The molecule has 3 heterocycles. The van der Waals surface area contributed by atoms with Gasteiger partial charge < -0.3 is 19.1 Å². The number of imidazole rings is 1. The van der Waals surface area contributed by atoms with E-state index in [-0.39, 0.29) is 34.0 Å². The Morgan fingerprint density at radius 2 is 1.98 bits per heavy atom. The van der Waals surface area contributed by atoms with Gasteiger partial charge in [-0.25, -0.2) is 14.2 Å². The summed E-state index contributed by atoms with van der Waals surface area (Å²) in [4.78, 5) is 18.7. The van der Waals surface area contributed by atoms with Crippen molar-refractivity contribution in [3.63, 3.8) is 0 Å². The molecule has 7 nitrogen and oxygen atoms in total. The summed E-state index contributed by atoms with van der Waals surface area (Å²) in [5.74, 6) is -1.33. The maximum atomic E-state index is 14.4. The van der Waals surface area contributed by atoms with Crippen molar-refractivity contribution < 1.29 is 36.9 Å². The van der Waals surface area contributed by atoms with E-state index in [0.717, 1.165) is 29.9 Å². The van der Waals surface area contributed by atoms with E-state index in [2.05, 4.69) is 4.90 Å². The molecule has 2 atom stereocenters. The molecule has 1 N–H and O–H groups in total. The van der Waals surface area contributed by atoms with Gasteiger partial charge in [0.2, 0.25) is 0 Å². The van der Waals surface area contributed by atoms with Gasteiger partial charge in [0.25, 0.3) is 0 Å². The summed E-state index contributed by atoms with van der Waals surface area (Å²) in [7, 11) is 0. The summed E-state index contributed by atoms with van der Waals surface area (Å²) in [6.45, 7) is 3.67. The first-order valence-electron chi connectivity index (χ1n) is 14.4. The molecule has 1 unspecified atom stereocenters. The molecular weight excluding hydrogens is 602 g/mol. The number of benzene rings is 3. The van der Waals surface area contributed by atoms with Crippen molar-refractivity contribution in [1.29, 1.82) is 0 Å². The average Bonchev–Trinajstić information content (AvgIpc) is 3.29. The molecule has 4 aromatic rings. The van der Waals surface area contributed by atoms with E-state index in [1.54, 1.807) is 12.1 Å². The topological polar surface area (TPSA) is 76.8 Å². The van der Waals surface area contributed by atoms with Crippen LogP contribution in [0.1, 0.15) is 64.2 Å². The Hall–Kier alpha value is -3.67. The second-order valence-corrected chi connectivity index (χ2v) is 11.6. The minimum Gasteiger partial charge on any atom is -0.488 e. The lowest BCUT2D eigenvalue weighted by atomic mass is 9.89. The van der Waals surface area contributed by atoms with Crippen LogP contribution < -0.4 is 4.74 Å². The van der Waals surface area contributed by atoms with Gasteiger partial charge in [0.15, 0.2) is 0 Å². The fraction of sp³-hybridized carbons (Fsp3) is 0.375. The van der Waals surface area contributed by atoms with Gasteiger partial charge in [-0.3, -0.25) is 4.90 Å². The molecule has 3 aromatic carbocycles. The molecule has 232 valence electrons. The molecule has 0 bridgehead atoms. The summed E-state index contributed by atoms with van der Waals surface area (Å²) in [5, 5.41) is 9.73. The molecule has 1 saturated heterocycles. The minimum absolute atomic E-state index is 0.00494. The highest BCUT2D eigenvalue weighted by molar-refractivity contribution is 6.30. The third kappa shape index (κ3) is 6.00. The first-order valence-corrected chi connectivity index (χ1v) is 14.8. The van der Waals surface area contributed by atoms with Gasteiger partial charge >= 0.3 is 12.1 Å². The van der Waals surface area contributed by atoms with E-state index < -0.39 is 30.1 Å². The summed E-state index contributed by atoms with van der Waals surface area (Å²) in [5.41, 5.74) is 2.02. The lowest BCUT2D eigenvalue weighted by Gasteiger charge is -2.37. The molecule has 2 aliphatic rings. The van der Waals surface area contributed by atoms with Crippen LogP contribution in [-0.4, -0.2) is 44.8 Å². The number of aromatic nitrogens is 2. The average molecular weight is 632 g/mol. The maximum Gasteiger partial charge on any atom is 0.419 e. The van der Waals surface area contributed by atoms with Crippen LogP contribution >= 0.6 is 11.6 Å². The summed E-state index contributed by atoms with van der Waals surface area (Å²) >= 11 is 5.82. The van der Waals surface area contributed by atoms with Gasteiger partial charge in [-0.1, -0.05) is 24.6 Å². The second kappa shape index (κ2) is 12.0. The molecule has 2 aliphatic heterocycles. The second-order valence-electron chi connectivity index (χ2n) is 11.1. The van der Waals surface area contributed by atoms with Gasteiger partial charge in [-0.15, -0.1) is 0 Å². The van der Waals surface area contributed by atoms with Crippen molar-refractivity contribution in [1.82, 2.24) is 14.5 Å². The highest BCUT2D eigenvalue weighted by Gasteiger charge is 2.38. The van der Waals surface area contributed by atoms with Gasteiger partial charge in [0.1, 0.15) is 24.0 Å². The Kier molecular flexibility index (Phi) is 8.29. The van der Waals surface area contributed by atoms with E-state index in [1.165, 1.54) is 24.3 Å². The number of carboxylic acid groups (broad SMARTS) is 1. The Balaban J connectivity index is 1.33. The monoisotopic (exact) mass is 631 g/mol. The lowest BCUT2D eigenvalue weighted by Crippen LogP contribution is -2.37. The molecule has 0 saturated carbocycles. The lowest BCUT2D eigenvalue weighted by molar-refractivity contribution is -0.139. The van der Waals surface area contributed by atoms with Crippen molar-refractivity contribution in [2.24, 2.45) is 0 Å². The Morgan fingerprint density at radius 1 is 1.18 bits per heavy atom. The zero-order valence-corrected chi connectivity index (χ0v) is 24.6. The number of fused-ring (bicyclic) bond motifs is 2. The molecule has 1 fully saturated rings. The number of hydrogen-bond acceptors (Lipinski definition) is 5. The number of rotatable bonds is 9. The molecule has 0 radical (unpaired) electrons. The van der Waals surface area contributed by atoms with Crippen LogP contribution in [0.25, 0.3) is 11.0 Å². The Labute approximate surface area is 256 Å². The standard InChI is InChI=1S/C32H30ClF4N3O4/c1-2-27-23-14-29(44-17-20-3-5-21(33)13-25(20)34)24(32(35,36)37)11-18(23)7-9-39(27)16-30-38-26-6-4-19(31(41)42)12-28(26)40(30)15-22-8-10-43-22/h3-6,11-14,22,27H,2,7-10,15-17H2,1H3,(H,41,42)/t22-,27?/m0/s1. The predicted molar refractivity (Wildman–Crippen MR) is 155 cm³/mol. The Morgan fingerprint density at radius 3 is 2.64 bits per heavy atom. The van der Waals surface area contributed by atoms with E-state index >= 15 is 0 Å². The first kappa shape index (κ1) is 30.4. The van der Waals surface area contributed by atoms with E-state index in [4.69, 9.17) is 26.1 Å². The van der Waals surface area contributed by atoms with E-state index in [0.29, 0.717) is 55.7 Å². The summed E-state index contributed by atoms with van der Waals surface area (Å²) < 4.78 is 70.1. The van der Waals surface area contributed by atoms with Crippen molar-refractivity contribution in [2.45, 2.75) is 64.2 Å². The number of nitrogens with zero attached hydrogens (tertiary/aromatic N) is 3. The highest BCUT2D eigenvalue weighted by Crippen LogP contribution is 2.43. The van der Waals surface area contributed by atoms with Crippen LogP contribution in [-0.2, 0) is 37.0 Å². The maximum absolute atomic E-state index is 14.4. The van der Waals surface area contributed by atoms with E-state index in [1.807, 2.05) is 11.5 Å². The largest absolute Gasteiger partial charge is 0.488 e. The first-order chi connectivity index (χ1) is 21.0. The summed E-state index contributed by atoms with van der Waals surface area (Å²) in [6, 6.07) is 11.1. The zero-order valence-electron chi connectivity index (χ0n) is 23.8. The fourth-order valence-electron chi connectivity index (χ4n) is 6.03. The number of carboxylic acids is 1. The Bertz CT molecular complexity index is 1720. The van der Waals surface area contributed by atoms with Crippen molar-refractivity contribution in [3.8, 4) is 5.75 Å². The van der Waals surface area contributed by atoms with Crippen LogP contribution in [0.15, 0.2) is 48.5 Å². The minimum atomic E-state index is -4.66. The molecule has 0 aliphatic carbocycles. The highest BCUT2D eigenvalue weighted by atomic mass is 35.5. The molecule has 6 rings (SSSR count). The quantitative estimate of drug-likeness (QED) is 0.194. The number of alkyl halides is 3. The number of hydrogen-bond donors (Lipinski definition) is 1. The third-order valence-corrected chi connectivity index (χ3v) is 8.63. The predicted octanol–water partition coefficient (Wildman–Crippen LogP) is 7.42. The molecule has 12 heteroatoms. The number of carbonyl (C=O) groups is 1. The van der Waals surface area contributed by atoms with Crippen molar-refractivity contribution >= 4 is 28.6 Å². The van der Waals surface area contributed by atoms with E-state index in [9.17, 15) is 27.5 Å². The SMILES string of the molecule is CCC1c2cc(OCc3ccc(Cl)cc3F)c(C(F)(F)F)cc2CCN1Cc1nc2ccc(C(=O)O)cc2n1C[C@@H]1CCO1. The number of halogens is 5. The van der Waals surface area contributed by atoms with Gasteiger partial charge in [-0.05, 0) is 72.9 Å². The van der Waals surface area contributed by atoms with Gasteiger partial charge in [0, 0.05) is 29.8 Å². The van der Waals surface area contributed by atoms with Crippen LogP contribution in [0.3, 0.4) is 0 Å². The molecule has 1 aromatic heterocycles. The van der Waals surface area contributed by atoms with Gasteiger partial charge in [-0.2, -0.15) is 13.2 Å². The zero-order chi connectivity index (χ0) is 31.2.